The fourth-order valence-corrected chi connectivity index (χ4v) is 5.89. The summed E-state index contributed by atoms with van der Waals surface area (Å²) in [4.78, 5) is 146. The number of benzene rings is 2. The Labute approximate surface area is 266 Å². The van der Waals surface area contributed by atoms with Crippen LogP contribution >= 0.6 is 21.6 Å². The Morgan fingerprint density at radius 1 is 0.229 bits per heavy atom. The molecule has 0 radical (unpaired) electrons. The van der Waals surface area contributed by atoms with E-state index in [1.165, 1.54) is 0 Å². The molecule has 24 heteroatoms. The summed E-state index contributed by atoms with van der Waals surface area (Å²) in [5.74, 6) is -25.1. The molecule has 250 valence electrons. The first-order valence-electron chi connectivity index (χ1n) is 11.3. The molecule has 0 saturated carbocycles. The fraction of sp³-hybridized carbons (Fsp3) is 0. The first-order chi connectivity index (χ1) is 22.0. The molecule has 0 amide bonds. The molecule has 0 heterocycles. The van der Waals surface area contributed by atoms with Crippen LogP contribution in [0.5, 0.6) is 0 Å². The smallest absolute Gasteiger partial charge is 0.337 e. The number of rotatable bonds is 12. The van der Waals surface area contributed by atoms with Crippen LogP contribution in [0.25, 0.3) is 0 Å². The first-order valence-corrected chi connectivity index (χ1v) is 13.4. The van der Waals surface area contributed by atoms with E-state index in [1.807, 2.05) is 0 Å². The number of aromatic carboxylic acids is 10. The second-order valence-electron chi connectivity index (χ2n) is 8.29. The van der Waals surface area contributed by atoms with Crippen molar-refractivity contribution in [1.29, 1.82) is 0 Å². The summed E-state index contributed by atoms with van der Waals surface area (Å²) >= 11 is 0. The van der Waals surface area contributed by atoms with Gasteiger partial charge in [-0.2, -0.15) is 0 Å². The fourth-order valence-electron chi connectivity index (χ4n) is 4.21. The van der Waals surface area contributed by atoms with E-state index >= 15 is 0 Å². The zero-order valence-electron chi connectivity index (χ0n) is 22.2. The number of hydrogen-bond donors (Lipinski definition) is 10. The second kappa shape index (κ2) is 13.7. The summed E-state index contributed by atoms with van der Waals surface area (Å²) in [5.41, 5.74) is -23.0. The molecule has 22 nitrogen and oxygen atoms in total. The molecule has 0 aliphatic rings. The average molecular weight is 714 g/mol. The van der Waals surface area contributed by atoms with Gasteiger partial charge in [0.05, 0.1) is 66.8 Å². The Morgan fingerprint density at radius 2 is 0.333 bits per heavy atom. The minimum atomic E-state index is -2.53. The van der Waals surface area contributed by atoms with E-state index in [4.69, 9.17) is 0 Å². The van der Waals surface area contributed by atoms with E-state index in [2.05, 4.69) is 0 Å². The molecule has 0 aromatic heterocycles. The lowest BCUT2D eigenvalue weighted by atomic mass is 9.86. The molecule has 0 atom stereocenters. The van der Waals surface area contributed by atoms with E-state index in [0.29, 0.717) is 0 Å². The molecule has 2 rings (SSSR count). The Morgan fingerprint density at radius 3 is 0.438 bits per heavy atom. The van der Waals surface area contributed by atoms with Gasteiger partial charge in [0.15, 0.2) is 0 Å². The van der Waals surface area contributed by atoms with E-state index in [-0.39, 0.29) is 0 Å². The maximum atomic E-state index is 13.2. The number of carboxylic acids is 10. The number of carboxylic acid groups (broad SMARTS) is 10. The van der Waals surface area contributed by atoms with Gasteiger partial charge in [-0.1, -0.05) is 0 Å². The van der Waals surface area contributed by atoms with Gasteiger partial charge in [0, 0.05) is 0 Å². The standard InChI is InChI=1S/C24H10O22S2/c25-13(26)1-3(15(29)30)7(19(37)38)11(8(20(39)40)4(1)16(31)32)23(45)47-48-24(46)12-9(21(41)42)5(17(33)34)2(14(27)28)6(18(35)36)10(12)22(43)44/h(H,25,26)(H,27,28)(H,29,30)(H,31,32)(H,33,34)(H,35,36)(H,37,38)(H,39,40)(H,41,42)(H,43,44). The molecule has 0 spiro atoms. The quantitative estimate of drug-likeness (QED) is 0.137. The maximum Gasteiger partial charge on any atom is 0.337 e. The SMILES string of the molecule is O=C(O)c1c(C(=O)O)c(C(=O)O)c(C(=O)SSC(=O)c2c(C(=O)O)c(C(=O)O)c(C(=O)O)c(C(=O)O)c2C(=O)O)c(C(=O)O)c1C(=O)O. The van der Waals surface area contributed by atoms with Crippen LogP contribution in [0.2, 0.25) is 0 Å². The van der Waals surface area contributed by atoms with Crippen molar-refractivity contribution in [2.24, 2.45) is 0 Å². The first kappa shape index (κ1) is 37.4. The van der Waals surface area contributed by atoms with Crippen molar-refractivity contribution in [2.75, 3.05) is 0 Å². The molecule has 2 aromatic rings. The molecule has 2 aromatic carbocycles. The largest absolute Gasteiger partial charge is 0.478 e. The van der Waals surface area contributed by atoms with Crippen molar-refractivity contribution in [2.45, 2.75) is 0 Å². The lowest BCUT2D eigenvalue weighted by Crippen LogP contribution is -2.27. The highest BCUT2D eigenvalue weighted by molar-refractivity contribution is 8.87. The third-order valence-corrected chi connectivity index (χ3v) is 7.69. The summed E-state index contributed by atoms with van der Waals surface area (Å²) in [6, 6.07) is 0. The highest BCUT2D eigenvalue weighted by Gasteiger charge is 2.43. The molecule has 0 aliphatic heterocycles. The molecule has 0 unspecified atom stereocenters. The van der Waals surface area contributed by atoms with Gasteiger partial charge in [0.1, 0.15) is 0 Å². The van der Waals surface area contributed by atoms with Crippen molar-refractivity contribution < 1.29 is 109 Å². The van der Waals surface area contributed by atoms with Crippen molar-refractivity contribution >= 4 is 91.5 Å². The summed E-state index contributed by atoms with van der Waals surface area (Å²) in [5, 5.41) is 91.4. The van der Waals surface area contributed by atoms with Crippen molar-refractivity contribution in [1.82, 2.24) is 0 Å². The molecule has 0 saturated heterocycles. The van der Waals surface area contributed by atoms with Gasteiger partial charge in [-0.15, -0.1) is 0 Å². The van der Waals surface area contributed by atoms with E-state index in [9.17, 15) is 109 Å². The average Bonchev–Trinajstić information content (AvgIpc) is 2.95. The summed E-state index contributed by atoms with van der Waals surface area (Å²) in [6.07, 6.45) is 0. The van der Waals surface area contributed by atoms with Gasteiger partial charge in [-0.25, -0.2) is 47.9 Å². The van der Waals surface area contributed by atoms with Crippen LogP contribution in [0.4, 0.5) is 0 Å². The van der Waals surface area contributed by atoms with Crippen LogP contribution in [0, 0.1) is 0 Å². The molecular formula is C24H10O22S2. The summed E-state index contributed by atoms with van der Waals surface area (Å²) in [6.45, 7) is 0. The molecule has 48 heavy (non-hydrogen) atoms. The second-order valence-corrected chi connectivity index (χ2v) is 10.4. The van der Waals surface area contributed by atoms with Crippen LogP contribution in [-0.4, -0.2) is 121 Å². The van der Waals surface area contributed by atoms with E-state index in [0.717, 1.165) is 0 Å². The minimum absolute atomic E-state index is 0.698. The normalized spacial score (nSPS) is 10.4. The van der Waals surface area contributed by atoms with Gasteiger partial charge in [-0.3, -0.25) is 9.59 Å². The van der Waals surface area contributed by atoms with Crippen LogP contribution in [-0.2, 0) is 0 Å². The van der Waals surface area contributed by atoms with Crippen LogP contribution in [0.3, 0.4) is 0 Å². The minimum Gasteiger partial charge on any atom is -0.478 e. The summed E-state index contributed by atoms with van der Waals surface area (Å²) < 4.78 is 0. The Bertz CT molecular complexity index is 1740. The third kappa shape index (κ3) is 6.44. The van der Waals surface area contributed by atoms with Crippen molar-refractivity contribution in [3.63, 3.8) is 0 Å². The van der Waals surface area contributed by atoms with Crippen LogP contribution in [0.1, 0.15) is 124 Å². The summed E-state index contributed by atoms with van der Waals surface area (Å²) in [7, 11) is -1.40. The van der Waals surface area contributed by atoms with Gasteiger partial charge >= 0.3 is 59.7 Å². The molecule has 0 aliphatic carbocycles. The highest BCUT2D eigenvalue weighted by atomic mass is 33.1. The zero-order valence-corrected chi connectivity index (χ0v) is 23.8. The predicted octanol–water partition coefficient (Wildman–Crippen LogP) is 1.03. The third-order valence-electron chi connectivity index (χ3n) is 5.74. The Hall–Kier alpha value is -6.82. The predicted molar refractivity (Wildman–Crippen MR) is 146 cm³/mol. The zero-order chi connectivity index (χ0) is 37.3. The monoisotopic (exact) mass is 714 g/mol. The van der Waals surface area contributed by atoms with Gasteiger partial charge in [0.25, 0.3) is 0 Å². The Kier molecular flexibility index (Phi) is 10.6. The van der Waals surface area contributed by atoms with Crippen LogP contribution < -0.4 is 0 Å². The molecule has 0 fully saturated rings. The lowest BCUT2D eigenvalue weighted by molar-refractivity contribution is 0.0607. The van der Waals surface area contributed by atoms with E-state index < -0.39 is 158 Å². The van der Waals surface area contributed by atoms with Crippen molar-refractivity contribution in [3.8, 4) is 0 Å². The van der Waals surface area contributed by atoms with Gasteiger partial charge < -0.3 is 51.1 Å². The number of carbonyl (C=O) groups excluding carboxylic acids is 2. The number of hydrogen-bond acceptors (Lipinski definition) is 14. The van der Waals surface area contributed by atoms with Gasteiger partial charge in [0.2, 0.25) is 10.2 Å². The molecule has 0 bridgehead atoms. The van der Waals surface area contributed by atoms with Crippen LogP contribution in [0.15, 0.2) is 0 Å². The Balaban J connectivity index is 3.08. The highest BCUT2D eigenvalue weighted by Crippen LogP contribution is 2.39. The molecule has 10 N–H and O–H groups in total. The topological polar surface area (TPSA) is 407 Å². The van der Waals surface area contributed by atoms with Gasteiger partial charge in [-0.05, 0) is 21.6 Å². The maximum absolute atomic E-state index is 13.2. The van der Waals surface area contributed by atoms with E-state index in [1.54, 1.807) is 0 Å². The molecular weight excluding hydrogens is 704 g/mol. The lowest BCUT2D eigenvalue weighted by Gasteiger charge is -2.18. The van der Waals surface area contributed by atoms with Crippen molar-refractivity contribution in [3.05, 3.63) is 66.8 Å². The number of carbonyl (C=O) groups is 12.